The lowest BCUT2D eigenvalue weighted by atomic mass is 9.91. The average molecular weight is 275 g/mol. The molecule has 0 spiro atoms. The van der Waals surface area contributed by atoms with Crippen LogP contribution in [0.4, 0.5) is 13.2 Å². The van der Waals surface area contributed by atoms with Crippen LogP contribution in [0.15, 0.2) is 24.3 Å². The smallest absolute Gasteiger partial charge is 0.405 e. The molecule has 6 heteroatoms. The molecule has 0 aliphatic carbocycles. The van der Waals surface area contributed by atoms with Crippen molar-refractivity contribution in [3.63, 3.8) is 0 Å². The van der Waals surface area contributed by atoms with Gasteiger partial charge in [0.05, 0.1) is 12.7 Å². The summed E-state index contributed by atoms with van der Waals surface area (Å²) in [5, 5.41) is 0. The van der Waals surface area contributed by atoms with Crippen LogP contribution in [0.25, 0.3) is 0 Å². The van der Waals surface area contributed by atoms with Gasteiger partial charge in [0, 0.05) is 17.5 Å². The molecule has 1 heterocycles. The first-order chi connectivity index (χ1) is 8.87. The molecule has 0 amide bonds. The van der Waals surface area contributed by atoms with Crippen LogP contribution in [0.2, 0.25) is 0 Å². The number of alkyl halides is 3. The molecule has 1 aromatic carbocycles. The lowest BCUT2D eigenvalue weighted by molar-refractivity contribution is -0.275. The van der Waals surface area contributed by atoms with E-state index in [9.17, 15) is 13.2 Å². The number of nitrogens with two attached hydrogens (primary N) is 1. The molecule has 1 aliphatic rings. The van der Waals surface area contributed by atoms with Gasteiger partial charge in [-0.25, -0.2) is 0 Å². The van der Waals surface area contributed by atoms with Crippen molar-refractivity contribution in [2.45, 2.75) is 31.9 Å². The number of ether oxygens (including phenoxy) is 2. The average Bonchev–Trinajstić information content (AvgIpc) is 2.74. The van der Waals surface area contributed by atoms with E-state index in [2.05, 4.69) is 4.74 Å². The SMILES string of the molecule is CC1CC(C(N)c2ccccc2OC(F)(F)F)CO1. The summed E-state index contributed by atoms with van der Waals surface area (Å²) in [6.45, 7) is 2.38. The molecule has 1 aromatic rings. The molecular formula is C13H16F3NO2. The Morgan fingerprint density at radius 1 is 1.37 bits per heavy atom. The Kier molecular flexibility index (Phi) is 4.01. The first-order valence-electron chi connectivity index (χ1n) is 6.08. The van der Waals surface area contributed by atoms with Gasteiger partial charge in [-0.1, -0.05) is 18.2 Å². The van der Waals surface area contributed by atoms with Gasteiger partial charge in [-0.15, -0.1) is 13.2 Å². The van der Waals surface area contributed by atoms with Gasteiger partial charge < -0.3 is 15.2 Å². The lowest BCUT2D eigenvalue weighted by Gasteiger charge is -2.21. The zero-order valence-electron chi connectivity index (χ0n) is 10.5. The molecule has 1 saturated heterocycles. The Morgan fingerprint density at radius 2 is 2.05 bits per heavy atom. The van der Waals surface area contributed by atoms with Gasteiger partial charge in [-0.3, -0.25) is 0 Å². The molecule has 1 aliphatic heterocycles. The molecule has 106 valence electrons. The number of benzene rings is 1. The van der Waals surface area contributed by atoms with Crippen LogP contribution in [0, 0.1) is 5.92 Å². The molecule has 1 fully saturated rings. The fraction of sp³-hybridized carbons (Fsp3) is 0.538. The highest BCUT2D eigenvalue weighted by Crippen LogP contribution is 2.36. The van der Waals surface area contributed by atoms with Gasteiger partial charge in [-0.05, 0) is 19.4 Å². The van der Waals surface area contributed by atoms with Crippen LogP contribution < -0.4 is 10.5 Å². The van der Waals surface area contributed by atoms with Gasteiger partial charge in [0.15, 0.2) is 0 Å². The summed E-state index contributed by atoms with van der Waals surface area (Å²) in [6.07, 6.45) is -3.89. The van der Waals surface area contributed by atoms with E-state index in [1.165, 1.54) is 12.1 Å². The Hall–Kier alpha value is -1.27. The number of hydrogen-bond acceptors (Lipinski definition) is 3. The number of rotatable bonds is 3. The highest BCUT2D eigenvalue weighted by atomic mass is 19.4. The topological polar surface area (TPSA) is 44.5 Å². The molecule has 0 radical (unpaired) electrons. The van der Waals surface area contributed by atoms with E-state index in [1.54, 1.807) is 12.1 Å². The fourth-order valence-electron chi connectivity index (χ4n) is 2.33. The van der Waals surface area contributed by atoms with Crippen LogP contribution in [-0.2, 0) is 4.74 Å². The number of halogens is 3. The molecule has 19 heavy (non-hydrogen) atoms. The van der Waals surface area contributed by atoms with E-state index in [1.807, 2.05) is 6.92 Å². The summed E-state index contributed by atoms with van der Waals surface area (Å²) in [5.74, 6) is -0.227. The number of para-hydroxylation sites is 1. The largest absolute Gasteiger partial charge is 0.573 e. The molecule has 2 N–H and O–H groups in total. The fourth-order valence-corrected chi connectivity index (χ4v) is 2.33. The molecule has 2 rings (SSSR count). The van der Waals surface area contributed by atoms with Crippen molar-refractivity contribution in [3.05, 3.63) is 29.8 Å². The standard InChI is InChI=1S/C13H16F3NO2/c1-8-6-9(7-18-8)12(17)10-4-2-3-5-11(10)19-13(14,15)16/h2-5,8-9,12H,6-7,17H2,1H3. The van der Waals surface area contributed by atoms with Gasteiger partial charge in [0.25, 0.3) is 0 Å². The summed E-state index contributed by atoms with van der Waals surface area (Å²) < 4.78 is 46.4. The predicted molar refractivity (Wildman–Crippen MR) is 63.6 cm³/mol. The van der Waals surface area contributed by atoms with Gasteiger partial charge in [-0.2, -0.15) is 0 Å². The minimum absolute atomic E-state index is 0.00739. The van der Waals surface area contributed by atoms with Crippen molar-refractivity contribution in [2.24, 2.45) is 11.7 Å². The summed E-state index contributed by atoms with van der Waals surface area (Å²) in [4.78, 5) is 0. The Balaban J connectivity index is 2.19. The highest BCUT2D eigenvalue weighted by molar-refractivity contribution is 5.36. The molecule has 3 atom stereocenters. The molecule has 3 nitrogen and oxygen atoms in total. The first-order valence-corrected chi connectivity index (χ1v) is 6.08. The van der Waals surface area contributed by atoms with Crippen molar-refractivity contribution in [1.29, 1.82) is 0 Å². The third kappa shape index (κ3) is 3.61. The van der Waals surface area contributed by atoms with Crippen molar-refractivity contribution < 1.29 is 22.6 Å². The van der Waals surface area contributed by atoms with E-state index >= 15 is 0 Å². The van der Waals surface area contributed by atoms with Crippen molar-refractivity contribution in [3.8, 4) is 5.75 Å². The minimum atomic E-state index is -4.71. The lowest BCUT2D eigenvalue weighted by Crippen LogP contribution is -2.24. The Labute approximate surface area is 109 Å². The second-order valence-corrected chi connectivity index (χ2v) is 4.75. The maximum atomic E-state index is 12.3. The molecule has 0 aromatic heterocycles. The summed E-state index contributed by atoms with van der Waals surface area (Å²) in [5.41, 5.74) is 6.42. The Bertz CT molecular complexity index is 436. The third-order valence-electron chi connectivity index (χ3n) is 3.24. The zero-order chi connectivity index (χ0) is 14.0. The summed E-state index contributed by atoms with van der Waals surface area (Å²) in [6, 6.07) is 5.46. The molecule has 0 bridgehead atoms. The quantitative estimate of drug-likeness (QED) is 0.922. The normalized spacial score (nSPS) is 25.3. The van der Waals surface area contributed by atoms with Crippen LogP contribution in [-0.4, -0.2) is 19.1 Å². The van der Waals surface area contributed by atoms with Crippen molar-refractivity contribution >= 4 is 0 Å². The van der Waals surface area contributed by atoms with E-state index in [-0.39, 0.29) is 17.8 Å². The van der Waals surface area contributed by atoms with Crippen LogP contribution in [0.1, 0.15) is 24.9 Å². The zero-order valence-corrected chi connectivity index (χ0v) is 10.5. The minimum Gasteiger partial charge on any atom is -0.405 e. The van der Waals surface area contributed by atoms with Gasteiger partial charge in [0.2, 0.25) is 0 Å². The maximum absolute atomic E-state index is 12.3. The molecular weight excluding hydrogens is 259 g/mol. The second kappa shape index (κ2) is 5.38. The number of hydrogen-bond donors (Lipinski definition) is 1. The van der Waals surface area contributed by atoms with Crippen molar-refractivity contribution in [2.75, 3.05) is 6.61 Å². The third-order valence-corrected chi connectivity index (χ3v) is 3.24. The predicted octanol–water partition coefficient (Wildman–Crippen LogP) is 3.01. The first kappa shape index (κ1) is 14.1. The maximum Gasteiger partial charge on any atom is 0.573 e. The monoisotopic (exact) mass is 275 g/mol. The van der Waals surface area contributed by atoms with E-state index in [0.29, 0.717) is 12.2 Å². The van der Waals surface area contributed by atoms with E-state index in [0.717, 1.165) is 6.42 Å². The van der Waals surface area contributed by atoms with Crippen molar-refractivity contribution in [1.82, 2.24) is 0 Å². The van der Waals surface area contributed by atoms with E-state index < -0.39 is 12.4 Å². The molecule has 0 saturated carbocycles. The van der Waals surface area contributed by atoms with Gasteiger partial charge in [0.1, 0.15) is 5.75 Å². The van der Waals surface area contributed by atoms with Crippen LogP contribution in [0.5, 0.6) is 5.75 Å². The summed E-state index contributed by atoms with van der Waals surface area (Å²) >= 11 is 0. The van der Waals surface area contributed by atoms with E-state index in [4.69, 9.17) is 10.5 Å². The van der Waals surface area contributed by atoms with Crippen LogP contribution in [0.3, 0.4) is 0 Å². The van der Waals surface area contributed by atoms with Crippen LogP contribution >= 0.6 is 0 Å². The Morgan fingerprint density at radius 3 is 2.63 bits per heavy atom. The van der Waals surface area contributed by atoms with Gasteiger partial charge >= 0.3 is 6.36 Å². The second-order valence-electron chi connectivity index (χ2n) is 4.75. The highest BCUT2D eigenvalue weighted by Gasteiger charge is 2.34. The molecule has 3 unspecified atom stereocenters. The summed E-state index contributed by atoms with van der Waals surface area (Å²) in [7, 11) is 0.